The highest BCUT2D eigenvalue weighted by Gasteiger charge is 2.18. The second-order valence-electron chi connectivity index (χ2n) is 3.71. The molecule has 0 saturated heterocycles. The fourth-order valence-electron chi connectivity index (χ4n) is 1.66. The maximum absolute atomic E-state index is 9.52. The van der Waals surface area contributed by atoms with Crippen molar-refractivity contribution in [2.45, 2.75) is 49.9 Å². The van der Waals surface area contributed by atoms with Crippen LogP contribution in [0.5, 0.6) is 0 Å². The van der Waals surface area contributed by atoms with Crippen LogP contribution in [0.2, 0.25) is 5.54 Å². The lowest BCUT2D eigenvalue weighted by molar-refractivity contribution is 0.0872. The minimum Gasteiger partial charge on any atom is -0.393 e. The van der Waals surface area contributed by atoms with E-state index >= 15 is 0 Å². The van der Waals surface area contributed by atoms with Gasteiger partial charge in [-0.25, -0.2) is 0 Å². The highest BCUT2D eigenvalue weighted by atomic mass is 28.1. The molecular weight excluding hydrogens is 156 g/mol. The number of aliphatic hydroxyl groups is 2. The molecule has 66 valence electrons. The molecule has 0 amide bonds. The molecule has 0 aliphatic heterocycles. The molecule has 0 radical (unpaired) electrons. The van der Waals surface area contributed by atoms with Gasteiger partial charge in [0, 0.05) is 10.2 Å². The van der Waals surface area contributed by atoms with Gasteiger partial charge in [-0.2, -0.15) is 0 Å². The summed E-state index contributed by atoms with van der Waals surface area (Å²) in [4.78, 5) is 0. The van der Waals surface area contributed by atoms with Crippen molar-refractivity contribution in [3.63, 3.8) is 0 Å². The van der Waals surface area contributed by atoms with E-state index in [1.165, 1.54) is 0 Å². The molecule has 11 heavy (non-hydrogen) atoms. The molecule has 2 nitrogen and oxygen atoms in total. The van der Waals surface area contributed by atoms with Crippen molar-refractivity contribution >= 4 is 10.2 Å². The molecule has 0 spiro atoms. The Morgan fingerprint density at radius 1 is 1.00 bits per heavy atom. The van der Waals surface area contributed by atoms with Crippen LogP contribution >= 0.6 is 0 Å². The van der Waals surface area contributed by atoms with Gasteiger partial charge >= 0.3 is 0 Å². The molecule has 1 rings (SSSR count). The smallest absolute Gasteiger partial charge is 0.0541 e. The van der Waals surface area contributed by atoms with E-state index in [1.807, 2.05) is 0 Å². The van der Waals surface area contributed by atoms with Gasteiger partial charge in [-0.1, -0.05) is 12.8 Å². The summed E-state index contributed by atoms with van der Waals surface area (Å²) in [7, 11) is 1.09. The average Bonchev–Trinajstić information content (AvgIpc) is 1.98. The van der Waals surface area contributed by atoms with Gasteiger partial charge in [0.05, 0.1) is 12.2 Å². The van der Waals surface area contributed by atoms with Crippen LogP contribution in [0.1, 0.15) is 32.1 Å². The number of hydrogen-bond acceptors (Lipinski definition) is 2. The molecule has 3 atom stereocenters. The standard InChI is InChI=1S/C8H18O2Si/c9-6-2-1-3-8(11)7(10)5-4-6/h6-10H,1-5H2,11H3. The Morgan fingerprint density at radius 3 is 2.45 bits per heavy atom. The fraction of sp³-hybridized carbons (Fsp3) is 1.00. The fourth-order valence-corrected chi connectivity index (χ4v) is 2.40. The Kier molecular flexibility index (Phi) is 3.55. The Morgan fingerprint density at radius 2 is 1.73 bits per heavy atom. The first-order valence-corrected chi connectivity index (χ1v) is 5.71. The van der Waals surface area contributed by atoms with Crippen molar-refractivity contribution in [1.82, 2.24) is 0 Å². The van der Waals surface area contributed by atoms with Crippen LogP contribution in [0.4, 0.5) is 0 Å². The quantitative estimate of drug-likeness (QED) is 0.500. The molecule has 1 aliphatic carbocycles. The van der Waals surface area contributed by atoms with E-state index in [0.717, 1.165) is 42.3 Å². The van der Waals surface area contributed by atoms with Crippen molar-refractivity contribution in [3.05, 3.63) is 0 Å². The van der Waals surface area contributed by atoms with E-state index in [2.05, 4.69) is 0 Å². The van der Waals surface area contributed by atoms with E-state index in [-0.39, 0.29) is 12.2 Å². The largest absolute Gasteiger partial charge is 0.393 e. The van der Waals surface area contributed by atoms with Crippen LogP contribution < -0.4 is 0 Å². The number of rotatable bonds is 0. The van der Waals surface area contributed by atoms with Crippen molar-refractivity contribution < 1.29 is 10.2 Å². The van der Waals surface area contributed by atoms with Gasteiger partial charge in [0.1, 0.15) is 0 Å². The minimum absolute atomic E-state index is 0.128. The first-order chi connectivity index (χ1) is 5.20. The zero-order chi connectivity index (χ0) is 8.27. The third kappa shape index (κ3) is 2.93. The summed E-state index contributed by atoms with van der Waals surface area (Å²) >= 11 is 0. The zero-order valence-electron chi connectivity index (χ0n) is 7.16. The van der Waals surface area contributed by atoms with Gasteiger partial charge in [0.15, 0.2) is 0 Å². The van der Waals surface area contributed by atoms with Gasteiger partial charge < -0.3 is 10.2 Å². The van der Waals surface area contributed by atoms with Crippen LogP contribution in [-0.4, -0.2) is 32.7 Å². The molecule has 1 aliphatic rings. The monoisotopic (exact) mass is 174 g/mol. The Labute approximate surface area is 71.0 Å². The molecule has 3 unspecified atom stereocenters. The third-order valence-electron chi connectivity index (χ3n) is 2.65. The predicted octanol–water partition coefficient (Wildman–Crippen LogP) is -0.174. The summed E-state index contributed by atoms with van der Waals surface area (Å²) in [5.41, 5.74) is 0.558. The number of hydrogen-bond donors (Lipinski definition) is 2. The third-order valence-corrected chi connectivity index (χ3v) is 4.00. The Bertz CT molecular complexity index is 119. The summed E-state index contributed by atoms with van der Waals surface area (Å²) in [5, 5.41) is 18.8. The second-order valence-corrected chi connectivity index (χ2v) is 5.19. The highest BCUT2D eigenvalue weighted by molar-refractivity contribution is 6.12. The SMILES string of the molecule is OC1CCCC([SiH3])C(O)CC1. The number of aliphatic hydroxyl groups excluding tert-OH is 2. The molecule has 0 aromatic rings. The van der Waals surface area contributed by atoms with Crippen molar-refractivity contribution in [1.29, 1.82) is 0 Å². The molecule has 1 saturated carbocycles. The van der Waals surface area contributed by atoms with Gasteiger partial charge in [-0.15, -0.1) is 0 Å². The summed E-state index contributed by atoms with van der Waals surface area (Å²) in [6, 6.07) is 0. The van der Waals surface area contributed by atoms with Gasteiger partial charge in [0.2, 0.25) is 0 Å². The Hall–Kier alpha value is 0.137. The maximum atomic E-state index is 9.52. The lowest BCUT2D eigenvalue weighted by Crippen LogP contribution is -2.21. The van der Waals surface area contributed by atoms with Crippen LogP contribution in [0.25, 0.3) is 0 Å². The van der Waals surface area contributed by atoms with Gasteiger partial charge in [0.25, 0.3) is 0 Å². The normalized spacial score (nSPS) is 41.5. The molecule has 0 heterocycles. The van der Waals surface area contributed by atoms with Crippen LogP contribution in [0.3, 0.4) is 0 Å². The molecule has 0 aromatic heterocycles. The topological polar surface area (TPSA) is 40.5 Å². The molecular formula is C8H18O2Si. The molecule has 0 bridgehead atoms. The lowest BCUT2D eigenvalue weighted by atomic mass is 9.96. The van der Waals surface area contributed by atoms with E-state index < -0.39 is 0 Å². The molecule has 1 fully saturated rings. The zero-order valence-corrected chi connectivity index (χ0v) is 9.16. The maximum Gasteiger partial charge on any atom is 0.0541 e. The van der Waals surface area contributed by atoms with E-state index in [1.54, 1.807) is 0 Å². The predicted molar refractivity (Wildman–Crippen MR) is 48.8 cm³/mol. The summed E-state index contributed by atoms with van der Waals surface area (Å²) in [5.74, 6) is 0. The lowest BCUT2D eigenvalue weighted by Gasteiger charge is -2.23. The molecule has 0 aromatic carbocycles. The van der Waals surface area contributed by atoms with E-state index in [4.69, 9.17) is 0 Å². The van der Waals surface area contributed by atoms with Crippen molar-refractivity contribution in [3.8, 4) is 0 Å². The van der Waals surface area contributed by atoms with Crippen LogP contribution in [0.15, 0.2) is 0 Å². The van der Waals surface area contributed by atoms with Crippen molar-refractivity contribution in [2.24, 2.45) is 0 Å². The minimum atomic E-state index is -0.154. The second kappa shape index (κ2) is 4.23. The molecule has 2 N–H and O–H groups in total. The average molecular weight is 174 g/mol. The summed E-state index contributed by atoms with van der Waals surface area (Å²) in [6.07, 6.45) is 4.45. The van der Waals surface area contributed by atoms with Gasteiger partial charge in [-0.3, -0.25) is 0 Å². The van der Waals surface area contributed by atoms with Crippen LogP contribution in [0, 0.1) is 0 Å². The van der Waals surface area contributed by atoms with Gasteiger partial charge in [-0.05, 0) is 24.8 Å². The van der Waals surface area contributed by atoms with E-state index in [0.29, 0.717) is 5.54 Å². The Balaban J connectivity index is 2.34. The van der Waals surface area contributed by atoms with Crippen molar-refractivity contribution in [2.75, 3.05) is 0 Å². The first-order valence-electron chi connectivity index (χ1n) is 4.56. The summed E-state index contributed by atoms with van der Waals surface area (Å²) < 4.78 is 0. The van der Waals surface area contributed by atoms with Crippen LogP contribution in [-0.2, 0) is 0 Å². The van der Waals surface area contributed by atoms with E-state index in [9.17, 15) is 10.2 Å². The highest BCUT2D eigenvalue weighted by Crippen LogP contribution is 2.24. The first kappa shape index (κ1) is 9.23. The summed E-state index contributed by atoms with van der Waals surface area (Å²) in [6.45, 7) is 0. The molecule has 3 heteroatoms.